The van der Waals surface area contributed by atoms with Gasteiger partial charge in [-0.2, -0.15) is 0 Å². The summed E-state index contributed by atoms with van der Waals surface area (Å²) < 4.78 is 78.4. The standard InChI is InChI=1S/C12H6F4N2O4S/c13-8-5-9(14)11(16)12(10(8)15)17-23(21,22)7-3-1-2-6(4-7)18(19)20/h1-5,17H. The van der Waals surface area contributed by atoms with Gasteiger partial charge < -0.3 is 0 Å². The number of nitrogens with zero attached hydrogens (tertiary/aromatic N) is 1. The normalized spacial score (nSPS) is 11.3. The van der Waals surface area contributed by atoms with Gasteiger partial charge in [0.25, 0.3) is 15.7 Å². The molecule has 0 heterocycles. The zero-order valence-corrected chi connectivity index (χ0v) is 11.7. The van der Waals surface area contributed by atoms with Crippen molar-refractivity contribution in [2.24, 2.45) is 0 Å². The van der Waals surface area contributed by atoms with E-state index < -0.39 is 54.5 Å². The molecular weight excluding hydrogens is 344 g/mol. The molecule has 2 aromatic carbocycles. The van der Waals surface area contributed by atoms with Gasteiger partial charge in [-0.3, -0.25) is 14.8 Å². The summed E-state index contributed by atoms with van der Waals surface area (Å²) in [4.78, 5) is 9.01. The lowest BCUT2D eigenvalue weighted by molar-refractivity contribution is -0.385. The van der Waals surface area contributed by atoms with Crippen molar-refractivity contribution in [1.29, 1.82) is 0 Å². The predicted octanol–water partition coefficient (Wildman–Crippen LogP) is 2.95. The molecule has 0 fully saturated rings. The number of anilines is 1. The van der Waals surface area contributed by atoms with Gasteiger partial charge >= 0.3 is 0 Å². The van der Waals surface area contributed by atoms with E-state index in [1.54, 1.807) is 0 Å². The van der Waals surface area contributed by atoms with Gasteiger partial charge in [0.2, 0.25) is 0 Å². The van der Waals surface area contributed by atoms with E-state index in [2.05, 4.69) is 0 Å². The second-order valence-electron chi connectivity index (χ2n) is 4.20. The Labute approximate surface area is 126 Å². The van der Waals surface area contributed by atoms with E-state index in [1.807, 2.05) is 0 Å². The molecule has 0 atom stereocenters. The summed E-state index contributed by atoms with van der Waals surface area (Å²) in [5, 5.41) is 10.6. The first-order chi connectivity index (χ1) is 10.6. The highest BCUT2D eigenvalue weighted by Gasteiger charge is 2.25. The van der Waals surface area contributed by atoms with E-state index in [0.717, 1.165) is 18.2 Å². The first-order valence-corrected chi connectivity index (χ1v) is 7.22. The maximum Gasteiger partial charge on any atom is 0.270 e. The second kappa shape index (κ2) is 5.83. The molecule has 0 aliphatic heterocycles. The number of sulfonamides is 1. The molecule has 1 N–H and O–H groups in total. The maximum atomic E-state index is 13.5. The van der Waals surface area contributed by atoms with Crippen molar-refractivity contribution in [1.82, 2.24) is 0 Å². The molecule has 2 aromatic rings. The molecule has 122 valence electrons. The largest absolute Gasteiger partial charge is 0.274 e. The number of nitro benzene ring substituents is 1. The number of benzene rings is 2. The van der Waals surface area contributed by atoms with E-state index in [0.29, 0.717) is 6.07 Å². The predicted molar refractivity (Wildman–Crippen MR) is 70.2 cm³/mol. The number of hydrogen-bond donors (Lipinski definition) is 1. The van der Waals surface area contributed by atoms with Crippen LogP contribution in [0.15, 0.2) is 35.2 Å². The molecule has 6 nitrogen and oxygen atoms in total. The van der Waals surface area contributed by atoms with Crippen LogP contribution < -0.4 is 4.72 Å². The highest BCUT2D eigenvalue weighted by atomic mass is 32.2. The van der Waals surface area contributed by atoms with Gasteiger partial charge in [-0.25, -0.2) is 26.0 Å². The summed E-state index contributed by atoms with van der Waals surface area (Å²) in [5.41, 5.74) is -2.16. The van der Waals surface area contributed by atoms with Crippen LogP contribution in [0.3, 0.4) is 0 Å². The average Bonchev–Trinajstić information content (AvgIpc) is 2.50. The molecule has 23 heavy (non-hydrogen) atoms. The molecule has 0 aliphatic carbocycles. The van der Waals surface area contributed by atoms with E-state index in [-0.39, 0.29) is 6.07 Å². The molecule has 0 amide bonds. The Balaban J connectivity index is 2.52. The fraction of sp³-hybridized carbons (Fsp3) is 0. The lowest BCUT2D eigenvalue weighted by atomic mass is 10.3. The van der Waals surface area contributed by atoms with Gasteiger partial charge in [-0.05, 0) is 6.07 Å². The molecule has 11 heteroatoms. The first kappa shape index (κ1) is 16.7. The lowest BCUT2D eigenvalue weighted by Gasteiger charge is -2.10. The van der Waals surface area contributed by atoms with E-state index >= 15 is 0 Å². The van der Waals surface area contributed by atoms with E-state index in [9.17, 15) is 36.1 Å². The van der Waals surface area contributed by atoms with Crippen molar-refractivity contribution >= 4 is 21.4 Å². The van der Waals surface area contributed by atoms with Crippen molar-refractivity contribution < 1.29 is 30.9 Å². The highest BCUT2D eigenvalue weighted by Crippen LogP contribution is 2.27. The summed E-state index contributed by atoms with van der Waals surface area (Å²) in [7, 11) is -4.72. The van der Waals surface area contributed by atoms with Crippen LogP contribution in [-0.2, 0) is 10.0 Å². The van der Waals surface area contributed by atoms with Crippen LogP contribution in [0.4, 0.5) is 28.9 Å². The molecular formula is C12H6F4N2O4S. The van der Waals surface area contributed by atoms with Gasteiger partial charge in [-0.1, -0.05) is 6.07 Å². The molecule has 0 saturated carbocycles. The topological polar surface area (TPSA) is 89.3 Å². The zero-order chi connectivity index (χ0) is 17.4. The Morgan fingerprint density at radius 1 is 1.00 bits per heavy atom. The average molecular weight is 350 g/mol. The maximum absolute atomic E-state index is 13.5. The third kappa shape index (κ3) is 3.23. The van der Waals surface area contributed by atoms with Gasteiger partial charge in [0.1, 0.15) is 5.69 Å². The van der Waals surface area contributed by atoms with E-state index in [4.69, 9.17) is 0 Å². The Hall–Kier alpha value is -2.69. The highest BCUT2D eigenvalue weighted by molar-refractivity contribution is 7.92. The van der Waals surface area contributed by atoms with Crippen molar-refractivity contribution in [2.45, 2.75) is 4.90 Å². The summed E-state index contributed by atoms with van der Waals surface area (Å²) in [6.45, 7) is 0. The van der Waals surface area contributed by atoms with Crippen molar-refractivity contribution in [2.75, 3.05) is 4.72 Å². The first-order valence-electron chi connectivity index (χ1n) is 5.73. The van der Waals surface area contributed by atoms with Crippen LogP contribution in [0.1, 0.15) is 0 Å². The van der Waals surface area contributed by atoms with Crippen LogP contribution in [0, 0.1) is 33.4 Å². The van der Waals surface area contributed by atoms with Crippen LogP contribution >= 0.6 is 0 Å². The number of hydrogen-bond acceptors (Lipinski definition) is 4. The smallest absolute Gasteiger partial charge is 0.270 e. The van der Waals surface area contributed by atoms with Gasteiger partial charge in [0.15, 0.2) is 23.3 Å². The molecule has 0 radical (unpaired) electrons. The third-order valence-electron chi connectivity index (χ3n) is 2.69. The number of rotatable bonds is 4. The van der Waals surface area contributed by atoms with Gasteiger partial charge in [-0.15, -0.1) is 0 Å². The Morgan fingerprint density at radius 2 is 1.57 bits per heavy atom. The SMILES string of the molecule is O=[N+]([O-])c1cccc(S(=O)(=O)Nc2c(F)c(F)cc(F)c2F)c1. The van der Waals surface area contributed by atoms with Crippen LogP contribution in [0.5, 0.6) is 0 Å². The molecule has 2 rings (SSSR count). The lowest BCUT2D eigenvalue weighted by Crippen LogP contribution is -2.16. The molecule has 0 spiro atoms. The minimum atomic E-state index is -4.72. The van der Waals surface area contributed by atoms with Crippen molar-refractivity contribution in [3.63, 3.8) is 0 Å². The Bertz CT molecular complexity index is 876. The fourth-order valence-electron chi connectivity index (χ4n) is 1.62. The van der Waals surface area contributed by atoms with Crippen LogP contribution in [0.2, 0.25) is 0 Å². The van der Waals surface area contributed by atoms with Gasteiger partial charge in [0.05, 0.1) is 9.82 Å². The number of nitro groups is 1. The summed E-state index contributed by atoms with van der Waals surface area (Å²) in [6.07, 6.45) is 0. The summed E-state index contributed by atoms with van der Waals surface area (Å²) >= 11 is 0. The molecule has 0 unspecified atom stereocenters. The monoisotopic (exact) mass is 350 g/mol. The van der Waals surface area contributed by atoms with Crippen molar-refractivity contribution in [3.05, 3.63) is 63.7 Å². The zero-order valence-electron chi connectivity index (χ0n) is 10.9. The van der Waals surface area contributed by atoms with Crippen molar-refractivity contribution in [3.8, 4) is 0 Å². The Morgan fingerprint density at radius 3 is 2.09 bits per heavy atom. The second-order valence-corrected chi connectivity index (χ2v) is 5.89. The fourth-order valence-corrected chi connectivity index (χ4v) is 2.72. The number of nitrogens with one attached hydrogen (secondary N) is 1. The molecule has 0 saturated heterocycles. The van der Waals surface area contributed by atoms with Gasteiger partial charge in [0, 0.05) is 18.2 Å². The molecule has 0 aliphatic rings. The Kier molecular flexibility index (Phi) is 4.23. The minimum absolute atomic E-state index is 0.0875. The van der Waals surface area contributed by atoms with Crippen LogP contribution in [0.25, 0.3) is 0 Å². The third-order valence-corrected chi connectivity index (χ3v) is 4.03. The molecule has 0 bridgehead atoms. The number of halogens is 4. The molecule has 0 aromatic heterocycles. The minimum Gasteiger partial charge on any atom is -0.274 e. The number of non-ortho nitro benzene ring substituents is 1. The summed E-state index contributed by atoms with van der Waals surface area (Å²) in [6, 6.07) is 3.44. The van der Waals surface area contributed by atoms with Crippen LogP contribution in [-0.4, -0.2) is 13.3 Å². The summed E-state index contributed by atoms with van der Waals surface area (Å²) in [5.74, 6) is -7.50. The van der Waals surface area contributed by atoms with E-state index in [1.165, 1.54) is 4.72 Å². The quantitative estimate of drug-likeness (QED) is 0.397.